The summed E-state index contributed by atoms with van der Waals surface area (Å²) in [7, 11) is -8.93. The average molecular weight is 623 g/mol. The molecule has 0 N–H and O–H groups in total. The van der Waals surface area contributed by atoms with E-state index in [9.17, 15) is 25.9 Å². The first-order valence-electron chi connectivity index (χ1n) is 13.9. The van der Waals surface area contributed by atoms with Gasteiger partial charge in [0, 0.05) is 0 Å². The Labute approximate surface area is 275 Å². The zero-order chi connectivity index (χ0) is 29.5. The minimum absolute atomic E-state index is 0. The number of rotatable bonds is 10. The molecule has 0 amide bonds. The van der Waals surface area contributed by atoms with Gasteiger partial charge in [0.25, 0.3) is 0 Å². The fourth-order valence-electron chi connectivity index (χ4n) is 5.18. The SMILES string of the molecule is CCCc1ccc2ccc(CCC)c(S(=O)(=O)[O-])c2c1.CCCc1ccc2ccc(CCC)c(S(=O)(=O)[O-])c2c1.[Ca+2]. The van der Waals surface area contributed by atoms with Gasteiger partial charge in [-0.2, -0.15) is 0 Å². The Balaban J connectivity index is 0.000000280. The molecule has 0 aliphatic heterocycles. The summed E-state index contributed by atoms with van der Waals surface area (Å²) in [5.41, 5.74) is 3.39. The topological polar surface area (TPSA) is 114 Å². The van der Waals surface area contributed by atoms with Crippen molar-refractivity contribution in [2.24, 2.45) is 0 Å². The number of aryl methyl sites for hydroxylation is 4. The first-order chi connectivity index (χ1) is 18.9. The summed E-state index contributed by atoms with van der Waals surface area (Å²) >= 11 is 0. The Morgan fingerprint density at radius 2 is 0.829 bits per heavy atom. The molecule has 0 radical (unpaired) electrons. The van der Waals surface area contributed by atoms with Crippen molar-refractivity contribution in [2.75, 3.05) is 0 Å². The van der Waals surface area contributed by atoms with Crippen LogP contribution in [0.3, 0.4) is 0 Å². The van der Waals surface area contributed by atoms with E-state index in [0.29, 0.717) is 34.7 Å². The molecule has 0 atom stereocenters. The molecule has 0 saturated carbocycles. The first-order valence-corrected chi connectivity index (χ1v) is 16.8. The zero-order valence-corrected chi connectivity index (χ0v) is 28.2. The van der Waals surface area contributed by atoms with Gasteiger partial charge in [-0.3, -0.25) is 0 Å². The standard InChI is InChI=1S/2C16H20O3S.Ca/c2*1-3-5-12-7-8-13-9-10-14(6-4-2)16(15(13)11-12)20(17,18)19;/h2*7-11H,3-6H2,1-2H3,(H,17,18,19);/q;;+2/p-2. The number of hydrogen-bond donors (Lipinski definition) is 0. The van der Waals surface area contributed by atoms with Crippen molar-refractivity contribution in [3.05, 3.63) is 82.9 Å². The Bertz CT molecular complexity index is 1560. The maximum Gasteiger partial charge on any atom is 2.00 e. The molecule has 0 aliphatic rings. The summed E-state index contributed by atoms with van der Waals surface area (Å²) in [6.45, 7) is 8.09. The molecule has 41 heavy (non-hydrogen) atoms. The van der Waals surface area contributed by atoms with Gasteiger partial charge in [0.1, 0.15) is 20.2 Å². The minimum Gasteiger partial charge on any atom is -0.744 e. The molecule has 6 nitrogen and oxygen atoms in total. The number of hydrogen-bond acceptors (Lipinski definition) is 6. The molecule has 9 heteroatoms. The molecule has 0 aliphatic carbocycles. The van der Waals surface area contributed by atoms with Crippen molar-refractivity contribution in [3.8, 4) is 0 Å². The maximum atomic E-state index is 11.7. The van der Waals surface area contributed by atoms with Gasteiger partial charge >= 0.3 is 37.7 Å². The van der Waals surface area contributed by atoms with Crippen LogP contribution in [0.25, 0.3) is 21.5 Å². The van der Waals surface area contributed by atoms with Crippen LogP contribution in [0.4, 0.5) is 0 Å². The molecule has 0 spiro atoms. The molecule has 4 rings (SSSR count). The molecule has 216 valence electrons. The van der Waals surface area contributed by atoms with Crippen LogP contribution >= 0.6 is 0 Å². The predicted octanol–water partition coefficient (Wildman–Crippen LogP) is 6.92. The molecule has 0 bridgehead atoms. The van der Waals surface area contributed by atoms with Crippen molar-refractivity contribution < 1.29 is 25.9 Å². The van der Waals surface area contributed by atoms with E-state index in [1.807, 2.05) is 62.4 Å². The summed E-state index contributed by atoms with van der Waals surface area (Å²) < 4.78 is 69.9. The van der Waals surface area contributed by atoms with E-state index in [-0.39, 0.29) is 47.5 Å². The molecule has 4 aromatic rings. The summed E-state index contributed by atoms with van der Waals surface area (Å²) in [6.07, 6.45) is 6.55. The fourth-order valence-corrected chi connectivity index (χ4v) is 7.05. The largest absolute Gasteiger partial charge is 2.00 e. The van der Waals surface area contributed by atoms with E-state index in [4.69, 9.17) is 0 Å². The summed E-state index contributed by atoms with van der Waals surface area (Å²) in [4.78, 5) is -0.0652. The van der Waals surface area contributed by atoms with Crippen LogP contribution < -0.4 is 0 Å². The Morgan fingerprint density at radius 1 is 0.512 bits per heavy atom. The van der Waals surface area contributed by atoms with Crippen LogP contribution in [0.5, 0.6) is 0 Å². The van der Waals surface area contributed by atoms with Crippen LogP contribution in [-0.4, -0.2) is 63.7 Å². The second-order valence-corrected chi connectivity index (χ2v) is 12.8. The van der Waals surface area contributed by atoms with Crippen LogP contribution in [0, 0.1) is 0 Å². The molecule has 0 heterocycles. The Kier molecular flexibility index (Phi) is 13.8. The zero-order valence-electron chi connectivity index (χ0n) is 24.4. The van der Waals surface area contributed by atoms with Crippen LogP contribution in [-0.2, 0) is 45.9 Å². The van der Waals surface area contributed by atoms with Crippen LogP contribution in [0.15, 0.2) is 70.5 Å². The van der Waals surface area contributed by atoms with Gasteiger partial charge in [-0.25, -0.2) is 16.8 Å². The summed E-state index contributed by atoms with van der Waals surface area (Å²) in [5, 5.41) is 2.74. The Morgan fingerprint density at radius 3 is 1.12 bits per heavy atom. The van der Waals surface area contributed by atoms with Crippen molar-refractivity contribution in [1.29, 1.82) is 0 Å². The van der Waals surface area contributed by atoms with Gasteiger partial charge in [0.15, 0.2) is 0 Å². The van der Waals surface area contributed by atoms with E-state index in [0.717, 1.165) is 60.4 Å². The van der Waals surface area contributed by atoms with E-state index in [2.05, 4.69) is 13.8 Å². The summed E-state index contributed by atoms with van der Waals surface area (Å²) in [5.74, 6) is 0. The third-order valence-corrected chi connectivity index (χ3v) is 8.82. The maximum absolute atomic E-state index is 11.7. The average Bonchev–Trinajstić information content (AvgIpc) is 2.88. The quantitative estimate of drug-likeness (QED) is 0.140. The van der Waals surface area contributed by atoms with Crippen molar-refractivity contribution >= 4 is 79.5 Å². The van der Waals surface area contributed by atoms with Crippen LogP contribution in [0.1, 0.15) is 75.6 Å². The smallest absolute Gasteiger partial charge is 0.744 e. The van der Waals surface area contributed by atoms with Crippen molar-refractivity contribution in [2.45, 2.75) is 88.9 Å². The molecular formula is C32H38CaO6S2. The molecule has 0 saturated heterocycles. The van der Waals surface area contributed by atoms with Crippen LogP contribution in [0.2, 0.25) is 0 Å². The van der Waals surface area contributed by atoms with Gasteiger partial charge < -0.3 is 9.11 Å². The first kappa shape index (κ1) is 35.7. The van der Waals surface area contributed by atoms with E-state index in [1.54, 1.807) is 12.1 Å². The monoisotopic (exact) mass is 622 g/mol. The van der Waals surface area contributed by atoms with Gasteiger partial charge in [0.2, 0.25) is 0 Å². The minimum atomic E-state index is -4.46. The van der Waals surface area contributed by atoms with Gasteiger partial charge in [0.05, 0.1) is 9.79 Å². The second-order valence-electron chi connectivity index (χ2n) is 10.1. The number of benzene rings is 4. The normalized spacial score (nSPS) is 11.7. The summed E-state index contributed by atoms with van der Waals surface area (Å²) in [6, 6.07) is 18.8. The fraction of sp³-hybridized carbons (Fsp3) is 0.375. The molecule has 0 fully saturated rings. The molecule has 0 aromatic heterocycles. The third-order valence-electron chi connectivity index (χ3n) is 6.85. The van der Waals surface area contributed by atoms with E-state index < -0.39 is 20.2 Å². The predicted molar refractivity (Wildman–Crippen MR) is 166 cm³/mol. The van der Waals surface area contributed by atoms with Gasteiger partial charge in [-0.1, -0.05) is 102 Å². The Hall–Kier alpha value is -1.52. The van der Waals surface area contributed by atoms with Gasteiger partial charge in [-0.05, 0) is 81.6 Å². The van der Waals surface area contributed by atoms with E-state index >= 15 is 0 Å². The number of fused-ring (bicyclic) bond motifs is 2. The molecular weight excluding hydrogens is 585 g/mol. The third kappa shape index (κ3) is 9.23. The van der Waals surface area contributed by atoms with Crippen molar-refractivity contribution in [3.63, 3.8) is 0 Å². The molecule has 4 aromatic carbocycles. The van der Waals surface area contributed by atoms with E-state index in [1.165, 1.54) is 0 Å². The second kappa shape index (κ2) is 15.8. The van der Waals surface area contributed by atoms with Crippen molar-refractivity contribution in [1.82, 2.24) is 0 Å². The molecule has 0 unspecified atom stereocenters. The van der Waals surface area contributed by atoms with Gasteiger partial charge in [-0.15, -0.1) is 0 Å².